The molecule has 0 aliphatic carbocycles. The number of hydrogen-bond donors (Lipinski definition) is 1. The predicted molar refractivity (Wildman–Crippen MR) is 53.3 cm³/mol. The quantitative estimate of drug-likeness (QED) is 0.566. The first kappa shape index (κ1) is 9.39. The van der Waals surface area contributed by atoms with E-state index in [9.17, 15) is 0 Å². The molecule has 0 amide bonds. The topological polar surface area (TPSA) is 59.6 Å². The van der Waals surface area contributed by atoms with Crippen molar-refractivity contribution >= 4 is 17.6 Å². The van der Waals surface area contributed by atoms with Crippen LogP contribution in [0, 0.1) is 0 Å². The zero-order valence-electron chi connectivity index (χ0n) is 8.18. The SMILES string of the molecule is COc1cnc2n1C(=NO)C(C)(C)S2. The minimum atomic E-state index is -0.272. The van der Waals surface area contributed by atoms with E-state index in [0.29, 0.717) is 11.7 Å². The third-order valence-electron chi connectivity index (χ3n) is 2.10. The molecule has 1 aromatic rings. The number of hydrogen-bond acceptors (Lipinski definition) is 5. The first-order valence-electron chi connectivity index (χ1n) is 4.14. The number of oxime groups is 1. The van der Waals surface area contributed by atoms with Crippen molar-refractivity contribution in [3.05, 3.63) is 6.20 Å². The second-order valence-electron chi connectivity index (χ2n) is 3.45. The van der Waals surface area contributed by atoms with Gasteiger partial charge in [-0.3, -0.25) is 0 Å². The standard InChI is InChI=1S/C8H11N3O2S/c1-8(2)6(10-12)11-5(13-3)4-9-7(11)14-8/h4,12H,1-3H3. The Kier molecular flexibility index (Phi) is 1.95. The Hall–Kier alpha value is -1.17. The van der Waals surface area contributed by atoms with Crippen LogP contribution in [-0.2, 0) is 0 Å². The molecule has 76 valence electrons. The van der Waals surface area contributed by atoms with Gasteiger partial charge in [-0.15, -0.1) is 0 Å². The fraction of sp³-hybridized carbons (Fsp3) is 0.500. The smallest absolute Gasteiger partial charge is 0.220 e. The molecule has 0 aromatic carbocycles. The lowest BCUT2D eigenvalue weighted by Gasteiger charge is -2.15. The minimum Gasteiger partial charge on any atom is -0.481 e. The van der Waals surface area contributed by atoms with Crippen molar-refractivity contribution in [2.24, 2.45) is 5.16 Å². The molecule has 0 atom stereocenters. The monoisotopic (exact) mass is 213 g/mol. The van der Waals surface area contributed by atoms with Crippen molar-refractivity contribution in [3.63, 3.8) is 0 Å². The van der Waals surface area contributed by atoms with Gasteiger partial charge >= 0.3 is 0 Å². The molecular formula is C8H11N3O2S. The van der Waals surface area contributed by atoms with Crippen LogP contribution in [0.25, 0.3) is 0 Å². The van der Waals surface area contributed by atoms with E-state index in [4.69, 9.17) is 9.94 Å². The zero-order chi connectivity index (χ0) is 10.3. The molecule has 5 nitrogen and oxygen atoms in total. The minimum absolute atomic E-state index is 0.272. The van der Waals surface area contributed by atoms with E-state index in [2.05, 4.69) is 10.1 Å². The lowest BCUT2D eigenvalue weighted by atomic mass is 10.2. The maximum absolute atomic E-state index is 8.96. The first-order chi connectivity index (χ1) is 6.60. The molecule has 6 heteroatoms. The molecular weight excluding hydrogens is 202 g/mol. The van der Waals surface area contributed by atoms with Crippen LogP contribution in [0.4, 0.5) is 0 Å². The van der Waals surface area contributed by atoms with E-state index >= 15 is 0 Å². The average molecular weight is 213 g/mol. The van der Waals surface area contributed by atoms with Gasteiger partial charge in [0.2, 0.25) is 5.88 Å². The third-order valence-corrected chi connectivity index (χ3v) is 3.26. The van der Waals surface area contributed by atoms with E-state index < -0.39 is 0 Å². The highest BCUT2D eigenvalue weighted by atomic mass is 32.2. The number of rotatable bonds is 1. The number of fused-ring (bicyclic) bond motifs is 1. The van der Waals surface area contributed by atoms with Gasteiger partial charge in [0.05, 0.1) is 18.1 Å². The highest BCUT2D eigenvalue weighted by molar-refractivity contribution is 8.01. The fourth-order valence-corrected chi connectivity index (χ4v) is 2.49. The van der Waals surface area contributed by atoms with E-state index in [1.54, 1.807) is 29.6 Å². The number of thioether (sulfide) groups is 1. The number of ether oxygens (including phenoxy) is 1. The molecule has 0 fully saturated rings. The highest BCUT2D eigenvalue weighted by Crippen LogP contribution is 2.42. The van der Waals surface area contributed by atoms with Gasteiger partial charge in [-0.1, -0.05) is 16.9 Å². The number of methoxy groups -OCH3 is 1. The summed E-state index contributed by atoms with van der Waals surface area (Å²) in [6, 6.07) is 0. The molecule has 2 heterocycles. The molecule has 1 N–H and O–H groups in total. The van der Waals surface area contributed by atoms with Crippen LogP contribution in [0.3, 0.4) is 0 Å². The van der Waals surface area contributed by atoms with Crippen LogP contribution in [0.15, 0.2) is 16.5 Å². The maximum Gasteiger partial charge on any atom is 0.220 e. The van der Waals surface area contributed by atoms with E-state index in [-0.39, 0.29) is 4.75 Å². The van der Waals surface area contributed by atoms with Crippen LogP contribution < -0.4 is 4.74 Å². The largest absolute Gasteiger partial charge is 0.481 e. The van der Waals surface area contributed by atoms with E-state index in [0.717, 1.165) is 5.16 Å². The molecule has 14 heavy (non-hydrogen) atoms. The van der Waals surface area contributed by atoms with Crippen molar-refractivity contribution in [1.29, 1.82) is 0 Å². The van der Waals surface area contributed by atoms with E-state index in [1.807, 2.05) is 13.8 Å². The second kappa shape index (κ2) is 2.91. The number of imidazole rings is 1. The van der Waals surface area contributed by atoms with Crippen LogP contribution in [0.1, 0.15) is 13.8 Å². The molecule has 0 saturated heterocycles. The van der Waals surface area contributed by atoms with Gasteiger partial charge < -0.3 is 9.94 Å². The molecule has 0 unspecified atom stereocenters. The molecule has 0 spiro atoms. The summed E-state index contributed by atoms with van der Waals surface area (Å²) in [5.41, 5.74) is 0. The van der Waals surface area contributed by atoms with Gasteiger partial charge in [0, 0.05) is 0 Å². The summed E-state index contributed by atoms with van der Waals surface area (Å²) in [7, 11) is 1.56. The summed E-state index contributed by atoms with van der Waals surface area (Å²) in [4.78, 5) is 4.17. The highest BCUT2D eigenvalue weighted by Gasteiger charge is 2.40. The van der Waals surface area contributed by atoms with Gasteiger partial charge in [-0.05, 0) is 13.8 Å². The zero-order valence-corrected chi connectivity index (χ0v) is 9.00. The molecule has 2 rings (SSSR count). The Morgan fingerprint density at radius 3 is 2.93 bits per heavy atom. The lowest BCUT2D eigenvalue weighted by Crippen LogP contribution is -2.28. The van der Waals surface area contributed by atoms with Crippen molar-refractivity contribution in [1.82, 2.24) is 9.55 Å². The van der Waals surface area contributed by atoms with Gasteiger partial charge in [-0.2, -0.15) is 0 Å². The molecule has 1 aromatic heterocycles. The van der Waals surface area contributed by atoms with Gasteiger partial charge in [-0.25, -0.2) is 9.55 Å². The fourth-order valence-electron chi connectivity index (χ4n) is 1.44. The molecule has 1 aliphatic heterocycles. The summed E-state index contributed by atoms with van der Waals surface area (Å²) in [6.07, 6.45) is 1.61. The van der Waals surface area contributed by atoms with Crippen molar-refractivity contribution < 1.29 is 9.94 Å². The first-order valence-corrected chi connectivity index (χ1v) is 4.95. The number of nitrogens with zero attached hydrogens (tertiary/aromatic N) is 3. The number of aromatic nitrogens is 2. The summed E-state index contributed by atoms with van der Waals surface area (Å²) in [5.74, 6) is 1.14. The molecule has 1 aliphatic rings. The maximum atomic E-state index is 8.96. The second-order valence-corrected chi connectivity index (χ2v) is 5.04. The Labute approximate surface area is 85.8 Å². The normalized spacial score (nSPS) is 21.2. The molecule has 0 saturated carbocycles. The van der Waals surface area contributed by atoms with Crippen LogP contribution in [-0.4, -0.2) is 32.5 Å². The molecule has 0 radical (unpaired) electrons. The predicted octanol–water partition coefficient (Wildman–Crippen LogP) is 1.41. The summed E-state index contributed by atoms with van der Waals surface area (Å²) in [6.45, 7) is 3.95. The third kappa shape index (κ3) is 1.10. The summed E-state index contributed by atoms with van der Waals surface area (Å²) in [5, 5.41) is 13.0. The Bertz CT molecular complexity index is 397. The Balaban J connectivity index is 2.58. The lowest BCUT2D eigenvalue weighted by molar-refractivity contribution is 0.312. The van der Waals surface area contributed by atoms with Crippen LogP contribution in [0.2, 0.25) is 0 Å². The van der Waals surface area contributed by atoms with Crippen molar-refractivity contribution in [2.75, 3.05) is 7.11 Å². The van der Waals surface area contributed by atoms with Crippen LogP contribution in [0.5, 0.6) is 5.88 Å². The van der Waals surface area contributed by atoms with Crippen molar-refractivity contribution in [2.45, 2.75) is 23.8 Å². The van der Waals surface area contributed by atoms with Gasteiger partial charge in [0.25, 0.3) is 0 Å². The summed E-state index contributed by atoms with van der Waals surface area (Å²) >= 11 is 1.54. The van der Waals surface area contributed by atoms with Crippen molar-refractivity contribution in [3.8, 4) is 5.88 Å². The average Bonchev–Trinajstić information content (AvgIpc) is 2.58. The Morgan fingerprint density at radius 1 is 1.64 bits per heavy atom. The van der Waals surface area contributed by atoms with Gasteiger partial charge in [0.1, 0.15) is 0 Å². The van der Waals surface area contributed by atoms with Crippen LogP contribution >= 0.6 is 11.8 Å². The summed E-state index contributed by atoms with van der Waals surface area (Å²) < 4.78 is 6.56. The van der Waals surface area contributed by atoms with Gasteiger partial charge in [0.15, 0.2) is 11.0 Å². The van der Waals surface area contributed by atoms with E-state index in [1.165, 1.54) is 0 Å². The Morgan fingerprint density at radius 2 is 2.36 bits per heavy atom. The molecule has 0 bridgehead atoms.